The van der Waals surface area contributed by atoms with Crippen LogP contribution in [0.15, 0.2) is 59.1 Å². The van der Waals surface area contributed by atoms with E-state index in [4.69, 9.17) is 9.26 Å². The van der Waals surface area contributed by atoms with Gasteiger partial charge in [-0.2, -0.15) is 4.98 Å². The fraction of sp³-hybridized carbons (Fsp3) is 0.222. The lowest BCUT2D eigenvalue weighted by atomic mass is 10.1. The highest BCUT2D eigenvalue weighted by Gasteiger charge is 2.19. The standard InChI is InChI=1S/C18H18N2O2/c1-3-16(21-15-7-5-4-6-8-15)18-19-17(20-22-18)14-11-9-13(2)10-12-14/h4-12,16H,3H2,1-2H3/t16-/m1/s1. The lowest BCUT2D eigenvalue weighted by Gasteiger charge is -2.13. The van der Waals surface area contributed by atoms with E-state index in [1.807, 2.05) is 68.4 Å². The number of para-hydroxylation sites is 1. The average molecular weight is 294 g/mol. The third kappa shape index (κ3) is 3.17. The molecule has 3 rings (SSSR count). The number of aromatic nitrogens is 2. The summed E-state index contributed by atoms with van der Waals surface area (Å²) in [6.07, 6.45) is 0.513. The molecule has 0 aliphatic heterocycles. The summed E-state index contributed by atoms with van der Waals surface area (Å²) in [7, 11) is 0. The minimum absolute atomic E-state index is 0.242. The summed E-state index contributed by atoms with van der Waals surface area (Å²) in [6, 6.07) is 17.7. The van der Waals surface area contributed by atoms with Gasteiger partial charge in [0.2, 0.25) is 5.82 Å². The molecule has 3 aromatic rings. The van der Waals surface area contributed by atoms with Crippen LogP contribution < -0.4 is 4.74 Å². The molecular formula is C18H18N2O2. The van der Waals surface area contributed by atoms with Crippen molar-refractivity contribution in [3.05, 3.63) is 66.1 Å². The second-order valence-electron chi connectivity index (χ2n) is 5.15. The molecule has 0 saturated heterocycles. The summed E-state index contributed by atoms with van der Waals surface area (Å²) in [6.45, 7) is 4.08. The Labute approximate surface area is 129 Å². The molecule has 112 valence electrons. The molecule has 0 bridgehead atoms. The number of ether oxygens (including phenoxy) is 1. The van der Waals surface area contributed by atoms with Crippen molar-refractivity contribution in [3.63, 3.8) is 0 Å². The molecule has 4 nitrogen and oxygen atoms in total. The van der Waals surface area contributed by atoms with Crippen LogP contribution in [-0.4, -0.2) is 10.1 Å². The molecule has 0 spiro atoms. The maximum Gasteiger partial charge on any atom is 0.268 e. The Kier molecular flexibility index (Phi) is 4.19. The van der Waals surface area contributed by atoms with Crippen molar-refractivity contribution in [1.82, 2.24) is 10.1 Å². The van der Waals surface area contributed by atoms with Gasteiger partial charge < -0.3 is 9.26 Å². The summed E-state index contributed by atoms with van der Waals surface area (Å²) in [5.74, 6) is 1.89. The molecule has 0 unspecified atom stereocenters. The second kappa shape index (κ2) is 6.43. The van der Waals surface area contributed by atoms with Crippen LogP contribution in [-0.2, 0) is 0 Å². The van der Waals surface area contributed by atoms with Crippen molar-refractivity contribution >= 4 is 0 Å². The Hall–Kier alpha value is -2.62. The predicted molar refractivity (Wildman–Crippen MR) is 84.6 cm³/mol. The number of nitrogens with zero attached hydrogens (tertiary/aromatic N) is 2. The zero-order valence-electron chi connectivity index (χ0n) is 12.7. The van der Waals surface area contributed by atoms with Crippen LogP contribution in [0.1, 0.15) is 30.9 Å². The van der Waals surface area contributed by atoms with Gasteiger partial charge in [0.15, 0.2) is 6.10 Å². The zero-order chi connectivity index (χ0) is 15.4. The molecule has 2 aromatic carbocycles. The number of rotatable bonds is 5. The first kappa shape index (κ1) is 14.3. The maximum absolute atomic E-state index is 5.92. The van der Waals surface area contributed by atoms with Gasteiger partial charge in [0, 0.05) is 5.56 Å². The first-order valence-corrected chi connectivity index (χ1v) is 7.38. The molecule has 0 aliphatic rings. The molecule has 0 saturated carbocycles. The quantitative estimate of drug-likeness (QED) is 0.691. The Balaban J connectivity index is 1.80. The van der Waals surface area contributed by atoms with E-state index in [-0.39, 0.29) is 6.10 Å². The zero-order valence-corrected chi connectivity index (χ0v) is 12.7. The number of benzene rings is 2. The Morgan fingerprint density at radius 3 is 2.45 bits per heavy atom. The molecule has 4 heteroatoms. The van der Waals surface area contributed by atoms with Crippen LogP contribution >= 0.6 is 0 Å². The van der Waals surface area contributed by atoms with Gasteiger partial charge in [-0.05, 0) is 25.5 Å². The van der Waals surface area contributed by atoms with Crippen LogP contribution in [0.5, 0.6) is 5.75 Å². The summed E-state index contributed by atoms with van der Waals surface area (Å²) in [4.78, 5) is 4.47. The van der Waals surface area contributed by atoms with Crippen molar-refractivity contribution in [2.24, 2.45) is 0 Å². The first-order valence-electron chi connectivity index (χ1n) is 7.38. The Bertz CT molecular complexity index is 720. The van der Waals surface area contributed by atoms with Crippen LogP contribution in [0.2, 0.25) is 0 Å². The van der Waals surface area contributed by atoms with Gasteiger partial charge in [-0.3, -0.25) is 0 Å². The van der Waals surface area contributed by atoms with E-state index >= 15 is 0 Å². The number of hydrogen-bond donors (Lipinski definition) is 0. The first-order chi connectivity index (χ1) is 10.8. The number of aryl methyl sites for hydroxylation is 1. The molecule has 0 aliphatic carbocycles. The lowest BCUT2D eigenvalue weighted by molar-refractivity contribution is 0.154. The van der Waals surface area contributed by atoms with Gasteiger partial charge in [-0.1, -0.05) is 60.1 Å². The minimum Gasteiger partial charge on any atom is -0.481 e. The smallest absolute Gasteiger partial charge is 0.268 e. The molecule has 1 heterocycles. The summed E-state index contributed by atoms with van der Waals surface area (Å²) in [5, 5.41) is 4.06. The highest BCUT2D eigenvalue weighted by molar-refractivity contribution is 5.54. The molecule has 0 fully saturated rings. The van der Waals surface area contributed by atoms with Gasteiger partial charge in [-0.25, -0.2) is 0 Å². The van der Waals surface area contributed by atoms with Crippen molar-refractivity contribution in [2.45, 2.75) is 26.4 Å². The van der Waals surface area contributed by atoms with Crippen molar-refractivity contribution in [3.8, 4) is 17.1 Å². The fourth-order valence-corrected chi connectivity index (χ4v) is 2.16. The third-order valence-electron chi connectivity index (χ3n) is 3.42. The molecule has 0 radical (unpaired) electrons. The summed E-state index contributed by atoms with van der Waals surface area (Å²) < 4.78 is 11.3. The van der Waals surface area contributed by atoms with E-state index < -0.39 is 0 Å². The van der Waals surface area contributed by atoms with Crippen LogP contribution in [0.4, 0.5) is 0 Å². The topological polar surface area (TPSA) is 48.2 Å². The largest absolute Gasteiger partial charge is 0.481 e. The van der Waals surface area contributed by atoms with E-state index in [9.17, 15) is 0 Å². The van der Waals surface area contributed by atoms with Crippen LogP contribution in [0.3, 0.4) is 0 Å². The molecule has 1 aromatic heterocycles. The van der Waals surface area contributed by atoms with Crippen molar-refractivity contribution < 1.29 is 9.26 Å². The van der Waals surface area contributed by atoms with Gasteiger partial charge in [-0.15, -0.1) is 0 Å². The van der Waals surface area contributed by atoms with Gasteiger partial charge >= 0.3 is 0 Å². The van der Waals surface area contributed by atoms with Crippen LogP contribution in [0, 0.1) is 6.92 Å². The maximum atomic E-state index is 5.92. The Morgan fingerprint density at radius 2 is 1.77 bits per heavy atom. The molecule has 0 amide bonds. The van der Waals surface area contributed by atoms with E-state index in [1.54, 1.807) is 0 Å². The monoisotopic (exact) mass is 294 g/mol. The third-order valence-corrected chi connectivity index (χ3v) is 3.42. The fourth-order valence-electron chi connectivity index (χ4n) is 2.16. The molecular weight excluding hydrogens is 276 g/mol. The molecule has 0 N–H and O–H groups in total. The van der Waals surface area contributed by atoms with Gasteiger partial charge in [0.1, 0.15) is 5.75 Å². The predicted octanol–water partition coefficient (Wildman–Crippen LogP) is 4.58. The van der Waals surface area contributed by atoms with Crippen molar-refractivity contribution in [1.29, 1.82) is 0 Å². The van der Waals surface area contributed by atoms with E-state index in [0.717, 1.165) is 17.7 Å². The number of hydrogen-bond acceptors (Lipinski definition) is 4. The average Bonchev–Trinajstić information content (AvgIpc) is 3.04. The Morgan fingerprint density at radius 1 is 1.05 bits per heavy atom. The van der Waals surface area contributed by atoms with E-state index in [2.05, 4.69) is 10.1 Å². The van der Waals surface area contributed by atoms with Crippen molar-refractivity contribution in [2.75, 3.05) is 0 Å². The van der Waals surface area contributed by atoms with Gasteiger partial charge in [0.25, 0.3) is 5.89 Å². The second-order valence-corrected chi connectivity index (χ2v) is 5.15. The highest BCUT2D eigenvalue weighted by atomic mass is 16.5. The summed E-state index contributed by atoms with van der Waals surface area (Å²) in [5.41, 5.74) is 2.14. The van der Waals surface area contributed by atoms with E-state index in [0.29, 0.717) is 11.7 Å². The van der Waals surface area contributed by atoms with Gasteiger partial charge in [0.05, 0.1) is 0 Å². The lowest BCUT2D eigenvalue weighted by Crippen LogP contribution is -2.06. The molecule has 22 heavy (non-hydrogen) atoms. The SMILES string of the molecule is CC[C@@H](Oc1ccccc1)c1nc(-c2ccc(C)cc2)no1. The normalized spacial score (nSPS) is 12.1. The van der Waals surface area contributed by atoms with E-state index in [1.165, 1.54) is 5.56 Å². The molecule has 1 atom stereocenters. The minimum atomic E-state index is -0.242. The summed E-state index contributed by atoms with van der Waals surface area (Å²) >= 11 is 0. The highest BCUT2D eigenvalue weighted by Crippen LogP contribution is 2.25. The van der Waals surface area contributed by atoms with Crippen LogP contribution in [0.25, 0.3) is 11.4 Å².